The Labute approximate surface area is 105 Å². The number of aryl methyl sites for hydroxylation is 1. The van der Waals surface area contributed by atoms with E-state index >= 15 is 0 Å². The molecule has 1 atom stereocenters. The third-order valence-electron chi connectivity index (χ3n) is 3.00. The van der Waals surface area contributed by atoms with Crippen LogP contribution >= 0.6 is 0 Å². The number of hydrogen-bond donors (Lipinski definition) is 1. The number of hydrogen-bond acceptors (Lipinski definition) is 2. The fourth-order valence-electron chi connectivity index (χ4n) is 1.48. The molecular formula is C15H25NO. The van der Waals surface area contributed by atoms with Crippen molar-refractivity contribution >= 4 is 0 Å². The van der Waals surface area contributed by atoms with Gasteiger partial charge in [0.2, 0.25) is 0 Å². The molecule has 2 nitrogen and oxygen atoms in total. The van der Waals surface area contributed by atoms with Crippen LogP contribution in [0.2, 0.25) is 0 Å². The molecule has 0 saturated heterocycles. The lowest BCUT2D eigenvalue weighted by molar-refractivity contribution is 0.205. The van der Waals surface area contributed by atoms with Crippen LogP contribution < -0.4 is 10.5 Å². The monoisotopic (exact) mass is 235 g/mol. The minimum atomic E-state index is 0.0535. The van der Waals surface area contributed by atoms with Crippen molar-refractivity contribution in [2.45, 2.75) is 46.6 Å². The van der Waals surface area contributed by atoms with E-state index in [9.17, 15) is 0 Å². The Hall–Kier alpha value is -1.02. The SMILES string of the molecule is CCCc1ccc(OCC(N)C(C)(C)C)cc1. The molecule has 1 aromatic rings. The molecule has 1 unspecified atom stereocenters. The van der Waals surface area contributed by atoms with Crippen LogP contribution in [0.4, 0.5) is 0 Å². The molecule has 1 aromatic carbocycles. The van der Waals surface area contributed by atoms with Crippen molar-refractivity contribution in [1.29, 1.82) is 0 Å². The highest BCUT2D eigenvalue weighted by Gasteiger charge is 2.20. The second-order valence-corrected chi connectivity index (χ2v) is 5.68. The Bertz CT molecular complexity index is 324. The quantitative estimate of drug-likeness (QED) is 0.849. The normalized spacial score (nSPS) is 13.5. The predicted octanol–water partition coefficient (Wildman–Crippen LogP) is 3.39. The summed E-state index contributed by atoms with van der Waals surface area (Å²) in [6.07, 6.45) is 2.30. The summed E-state index contributed by atoms with van der Waals surface area (Å²) < 4.78 is 5.70. The van der Waals surface area contributed by atoms with E-state index in [1.54, 1.807) is 0 Å². The smallest absolute Gasteiger partial charge is 0.119 e. The lowest BCUT2D eigenvalue weighted by Crippen LogP contribution is -2.40. The summed E-state index contributed by atoms with van der Waals surface area (Å²) in [5, 5.41) is 0. The van der Waals surface area contributed by atoms with E-state index in [1.165, 1.54) is 12.0 Å². The molecule has 2 N–H and O–H groups in total. The summed E-state index contributed by atoms with van der Waals surface area (Å²) in [6.45, 7) is 9.14. The van der Waals surface area contributed by atoms with E-state index in [2.05, 4.69) is 39.8 Å². The van der Waals surface area contributed by atoms with E-state index in [4.69, 9.17) is 10.5 Å². The van der Waals surface area contributed by atoms with Gasteiger partial charge in [0, 0.05) is 6.04 Å². The van der Waals surface area contributed by atoms with Crippen molar-refractivity contribution < 1.29 is 4.74 Å². The highest BCUT2D eigenvalue weighted by Crippen LogP contribution is 2.19. The van der Waals surface area contributed by atoms with Gasteiger partial charge in [-0.15, -0.1) is 0 Å². The van der Waals surface area contributed by atoms with Gasteiger partial charge in [0.15, 0.2) is 0 Å². The van der Waals surface area contributed by atoms with Crippen molar-refractivity contribution in [1.82, 2.24) is 0 Å². The van der Waals surface area contributed by atoms with Gasteiger partial charge >= 0.3 is 0 Å². The highest BCUT2D eigenvalue weighted by molar-refractivity contribution is 5.27. The second-order valence-electron chi connectivity index (χ2n) is 5.68. The summed E-state index contributed by atoms with van der Waals surface area (Å²) in [5.74, 6) is 0.907. The van der Waals surface area contributed by atoms with E-state index in [0.717, 1.165) is 12.2 Å². The van der Waals surface area contributed by atoms with E-state index in [-0.39, 0.29) is 11.5 Å². The molecule has 0 amide bonds. The lowest BCUT2D eigenvalue weighted by atomic mass is 9.88. The largest absolute Gasteiger partial charge is 0.492 e. The van der Waals surface area contributed by atoms with Crippen molar-refractivity contribution in [3.63, 3.8) is 0 Å². The standard InChI is InChI=1S/C15H25NO/c1-5-6-12-7-9-13(10-8-12)17-11-14(16)15(2,3)4/h7-10,14H,5-6,11,16H2,1-4H3. The van der Waals surface area contributed by atoms with Gasteiger partial charge in [-0.1, -0.05) is 46.2 Å². The van der Waals surface area contributed by atoms with Gasteiger partial charge in [0.25, 0.3) is 0 Å². The molecule has 17 heavy (non-hydrogen) atoms. The zero-order valence-electron chi connectivity index (χ0n) is 11.5. The second kappa shape index (κ2) is 6.06. The Morgan fingerprint density at radius 3 is 2.24 bits per heavy atom. The fraction of sp³-hybridized carbons (Fsp3) is 0.600. The topological polar surface area (TPSA) is 35.2 Å². The maximum atomic E-state index is 6.05. The molecule has 0 spiro atoms. The minimum Gasteiger partial charge on any atom is -0.492 e. The first-order valence-electron chi connectivity index (χ1n) is 6.41. The van der Waals surface area contributed by atoms with Gasteiger partial charge in [-0.3, -0.25) is 0 Å². The summed E-state index contributed by atoms with van der Waals surface area (Å²) in [7, 11) is 0. The van der Waals surface area contributed by atoms with Crippen LogP contribution in [-0.4, -0.2) is 12.6 Å². The molecule has 0 aliphatic rings. The zero-order chi connectivity index (χ0) is 12.9. The van der Waals surface area contributed by atoms with E-state index < -0.39 is 0 Å². The number of ether oxygens (including phenoxy) is 1. The van der Waals surface area contributed by atoms with Crippen molar-refractivity contribution in [2.75, 3.05) is 6.61 Å². The predicted molar refractivity (Wildman–Crippen MR) is 73.4 cm³/mol. The zero-order valence-corrected chi connectivity index (χ0v) is 11.5. The summed E-state index contributed by atoms with van der Waals surface area (Å²) >= 11 is 0. The minimum absolute atomic E-state index is 0.0535. The average Bonchev–Trinajstić information content (AvgIpc) is 2.27. The van der Waals surface area contributed by atoms with Crippen molar-refractivity contribution in [2.24, 2.45) is 11.1 Å². The molecule has 1 rings (SSSR count). The molecule has 2 heteroatoms. The summed E-state index contributed by atoms with van der Waals surface area (Å²) in [6, 6.07) is 8.36. The lowest BCUT2D eigenvalue weighted by Gasteiger charge is -2.26. The van der Waals surface area contributed by atoms with E-state index in [0.29, 0.717) is 6.61 Å². The van der Waals surface area contributed by atoms with Crippen LogP contribution in [0.1, 0.15) is 39.7 Å². The van der Waals surface area contributed by atoms with Gasteiger partial charge in [0.05, 0.1) is 0 Å². The van der Waals surface area contributed by atoms with Crippen LogP contribution in [0.5, 0.6) is 5.75 Å². The van der Waals surface area contributed by atoms with E-state index in [1.807, 2.05) is 12.1 Å². The van der Waals surface area contributed by atoms with Crippen LogP contribution in [0.15, 0.2) is 24.3 Å². The average molecular weight is 235 g/mol. The molecule has 96 valence electrons. The Balaban J connectivity index is 2.47. The Morgan fingerprint density at radius 2 is 1.76 bits per heavy atom. The molecule has 0 bridgehead atoms. The van der Waals surface area contributed by atoms with Crippen molar-refractivity contribution in [3.8, 4) is 5.75 Å². The van der Waals surface area contributed by atoms with Crippen molar-refractivity contribution in [3.05, 3.63) is 29.8 Å². The molecule has 0 saturated carbocycles. The maximum absolute atomic E-state index is 6.05. The Kier molecular flexibility index (Phi) is 5.01. The van der Waals surface area contributed by atoms with Gasteiger partial charge < -0.3 is 10.5 Å². The first kappa shape index (κ1) is 14.0. The van der Waals surface area contributed by atoms with Gasteiger partial charge in [-0.25, -0.2) is 0 Å². The molecule has 0 aromatic heterocycles. The fourth-order valence-corrected chi connectivity index (χ4v) is 1.48. The molecule has 0 radical (unpaired) electrons. The van der Waals surface area contributed by atoms with Gasteiger partial charge in [-0.05, 0) is 29.5 Å². The number of rotatable bonds is 5. The molecular weight excluding hydrogens is 210 g/mol. The summed E-state index contributed by atoms with van der Waals surface area (Å²) in [4.78, 5) is 0. The first-order chi connectivity index (χ1) is 7.93. The molecule has 0 heterocycles. The van der Waals surface area contributed by atoms with Crippen LogP contribution in [-0.2, 0) is 6.42 Å². The molecule has 0 aliphatic carbocycles. The maximum Gasteiger partial charge on any atom is 0.119 e. The van der Waals surface area contributed by atoms with Crippen LogP contribution in [0, 0.1) is 5.41 Å². The number of nitrogens with two attached hydrogens (primary N) is 1. The number of benzene rings is 1. The first-order valence-corrected chi connectivity index (χ1v) is 6.41. The highest BCUT2D eigenvalue weighted by atomic mass is 16.5. The Morgan fingerprint density at radius 1 is 1.18 bits per heavy atom. The molecule has 0 aliphatic heterocycles. The van der Waals surface area contributed by atoms with Gasteiger partial charge in [-0.2, -0.15) is 0 Å². The van der Waals surface area contributed by atoms with Crippen LogP contribution in [0.3, 0.4) is 0 Å². The summed E-state index contributed by atoms with van der Waals surface area (Å²) in [5.41, 5.74) is 7.50. The third-order valence-corrected chi connectivity index (χ3v) is 3.00. The third kappa shape index (κ3) is 4.78. The van der Waals surface area contributed by atoms with Crippen LogP contribution in [0.25, 0.3) is 0 Å². The van der Waals surface area contributed by atoms with Gasteiger partial charge in [0.1, 0.15) is 12.4 Å². The molecule has 0 fully saturated rings.